The van der Waals surface area contributed by atoms with Crippen LogP contribution in [0, 0.1) is 11.3 Å². The average Bonchev–Trinajstić information content (AvgIpc) is 3.21. The van der Waals surface area contributed by atoms with Crippen LogP contribution in [0.3, 0.4) is 0 Å². The highest BCUT2D eigenvalue weighted by Gasteiger charge is 2.86. The molecule has 0 aromatic heterocycles. The molecule has 21 heavy (non-hydrogen) atoms. The Morgan fingerprint density at radius 2 is 2.14 bits per heavy atom. The van der Waals surface area contributed by atoms with Gasteiger partial charge in [-0.2, -0.15) is 0 Å². The summed E-state index contributed by atoms with van der Waals surface area (Å²) in [6.45, 7) is 1.37. The van der Waals surface area contributed by atoms with Crippen molar-refractivity contribution in [3.8, 4) is 0 Å². The fourth-order valence-electron chi connectivity index (χ4n) is 3.73. The van der Waals surface area contributed by atoms with Crippen molar-refractivity contribution in [1.82, 2.24) is 5.32 Å². The summed E-state index contributed by atoms with van der Waals surface area (Å²) in [5, 5.41) is 3.27. The zero-order valence-corrected chi connectivity index (χ0v) is 13.2. The molecule has 3 atom stereocenters. The maximum Gasteiger partial charge on any atom is 0.271 e. The van der Waals surface area contributed by atoms with Crippen LogP contribution in [0.5, 0.6) is 0 Å². The maximum atomic E-state index is 14.0. The predicted molar refractivity (Wildman–Crippen MR) is 79.3 cm³/mol. The fraction of sp³-hybridized carbons (Fsp3) is 0.625. The van der Waals surface area contributed by atoms with Gasteiger partial charge in [-0.3, -0.25) is 0 Å². The van der Waals surface area contributed by atoms with Gasteiger partial charge in [-0.05, 0) is 37.0 Å². The first-order valence-corrected chi connectivity index (χ1v) is 8.31. The first-order chi connectivity index (χ1) is 10.0. The van der Waals surface area contributed by atoms with Crippen molar-refractivity contribution in [3.63, 3.8) is 0 Å². The lowest BCUT2D eigenvalue weighted by Crippen LogP contribution is -2.33. The van der Waals surface area contributed by atoms with Gasteiger partial charge < -0.3 is 10.1 Å². The van der Waals surface area contributed by atoms with E-state index in [1.165, 1.54) is 0 Å². The molecule has 4 rings (SSSR count). The van der Waals surface area contributed by atoms with Crippen molar-refractivity contribution in [1.29, 1.82) is 0 Å². The predicted octanol–water partition coefficient (Wildman–Crippen LogP) is 3.91. The first-order valence-electron chi connectivity index (χ1n) is 7.52. The summed E-state index contributed by atoms with van der Waals surface area (Å²) >= 11 is 3.47. The van der Waals surface area contributed by atoms with Gasteiger partial charge >= 0.3 is 0 Å². The zero-order valence-electron chi connectivity index (χ0n) is 11.6. The molecule has 1 aromatic carbocycles. The SMILES string of the molecule is FC1(F)C(NC(c2cccc(Br)c2)C2CCOC2)C12CC2. The minimum absolute atomic E-state index is 0.0548. The van der Waals surface area contributed by atoms with Crippen LogP contribution in [0.4, 0.5) is 8.78 Å². The van der Waals surface area contributed by atoms with Gasteiger partial charge in [0.2, 0.25) is 0 Å². The Balaban J connectivity index is 1.59. The number of halogens is 3. The van der Waals surface area contributed by atoms with E-state index in [4.69, 9.17) is 4.74 Å². The molecule has 2 aliphatic carbocycles. The lowest BCUT2D eigenvalue weighted by molar-refractivity contribution is 0.0815. The van der Waals surface area contributed by atoms with E-state index in [1.807, 2.05) is 24.3 Å². The van der Waals surface area contributed by atoms with Crippen LogP contribution in [0.25, 0.3) is 0 Å². The monoisotopic (exact) mass is 357 g/mol. The Morgan fingerprint density at radius 1 is 1.33 bits per heavy atom. The summed E-state index contributed by atoms with van der Waals surface area (Å²) in [4.78, 5) is 0. The number of hydrogen-bond donors (Lipinski definition) is 1. The molecule has 3 fully saturated rings. The molecule has 2 nitrogen and oxygen atoms in total. The van der Waals surface area contributed by atoms with E-state index in [0.29, 0.717) is 19.4 Å². The van der Waals surface area contributed by atoms with Crippen LogP contribution in [-0.4, -0.2) is 25.2 Å². The van der Waals surface area contributed by atoms with E-state index in [0.717, 1.165) is 23.1 Å². The Bertz CT molecular complexity index is 551. The topological polar surface area (TPSA) is 21.3 Å². The molecule has 1 saturated heterocycles. The largest absolute Gasteiger partial charge is 0.381 e. The normalized spacial score (nSPS) is 33.1. The molecule has 1 spiro atoms. The van der Waals surface area contributed by atoms with Crippen molar-refractivity contribution < 1.29 is 13.5 Å². The molecule has 1 aromatic rings. The second-order valence-electron chi connectivity index (χ2n) is 6.54. The summed E-state index contributed by atoms with van der Waals surface area (Å²) in [5.74, 6) is -2.26. The smallest absolute Gasteiger partial charge is 0.271 e. The van der Waals surface area contributed by atoms with Crippen molar-refractivity contribution in [2.24, 2.45) is 11.3 Å². The quantitative estimate of drug-likeness (QED) is 0.881. The highest BCUT2D eigenvalue weighted by molar-refractivity contribution is 9.10. The molecular formula is C16H18BrF2NO. The third kappa shape index (κ3) is 2.16. The van der Waals surface area contributed by atoms with Gasteiger partial charge in [0.05, 0.1) is 18.1 Å². The lowest BCUT2D eigenvalue weighted by atomic mass is 9.92. The second kappa shape index (κ2) is 4.74. The molecule has 0 radical (unpaired) electrons. The highest BCUT2D eigenvalue weighted by Crippen LogP contribution is 2.75. The molecule has 1 heterocycles. The number of alkyl halides is 2. The van der Waals surface area contributed by atoms with E-state index in [9.17, 15) is 8.78 Å². The number of ether oxygens (including phenoxy) is 1. The van der Waals surface area contributed by atoms with Crippen LogP contribution in [0.1, 0.15) is 30.9 Å². The van der Waals surface area contributed by atoms with Crippen LogP contribution >= 0.6 is 15.9 Å². The van der Waals surface area contributed by atoms with Crippen LogP contribution in [-0.2, 0) is 4.74 Å². The standard InChI is InChI=1S/C16H18BrF2NO/c17-12-3-1-2-10(8-12)13(11-4-7-21-9-11)20-14-15(5-6-15)16(14,18)19/h1-3,8,11,13-14,20H,4-7,9H2. The number of rotatable bonds is 4. The third-order valence-electron chi connectivity index (χ3n) is 5.27. The Hall–Kier alpha value is -0.520. The first kappa shape index (κ1) is 14.1. The fourth-order valence-corrected chi connectivity index (χ4v) is 4.15. The Kier molecular flexibility index (Phi) is 3.18. The van der Waals surface area contributed by atoms with Gasteiger partial charge in [0, 0.05) is 23.0 Å². The van der Waals surface area contributed by atoms with Gasteiger partial charge in [0.15, 0.2) is 0 Å². The van der Waals surface area contributed by atoms with E-state index in [1.54, 1.807) is 0 Å². The molecule has 1 N–H and O–H groups in total. The lowest BCUT2D eigenvalue weighted by Gasteiger charge is -2.25. The molecule has 114 valence electrons. The van der Waals surface area contributed by atoms with Crippen molar-refractivity contribution in [2.45, 2.75) is 37.3 Å². The third-order valence-corrected chi connectivity index (χ3v) is 5.77. The molecule has 1 aliphatic heterocycles. The maximum absolute atomic E-state index is 14.0. The number of hydrogen-bond acceptors (Lipinski definition) is 2. The summed E-state index contributed by atoms with van der Waals surface area (Å²) in [7, 11) is 0. The minimum atomic E-state index is -2.53. The molecule has 0 bridgehead atoms. The minimum Gasteiger partial charge on any atom is -0.381 e. The Labute approximate surface area is 131 Å². The van der Waals surface area contributed by atoms with Gasteiger partial charge in [-0.1, -0.05) is 28.1 Å². The molecule has 0 amide bonds. The molecular weight excluding hydrogens is 340 g/mol. The summed E-state index contributed by atoms with van der Waals surface area (Å²) in [6, 6.07) is 7.24. The van der Waals surface area contributed by atoms with Gasteiger partial charge in [-0.15, -0.1) is 0 Å². The van der Waals surface area contributed by atoms with Gasteiger partial charge in [0.25, 0.3) is 5.92 Å². The van der Waals surface area contributed by atoms with Crippen LogP contribution in [0.2, 0.25) is 0 Å². The molecule has 3 unspecified atom stereocenters. The number of benzene rings is 1. The summed E-state index contributed by atoms with van der Waals surface area (Å²) < 4.78 is 34.4. The van der Waals surface area contributed by atoms with E-state index in [2.05, 4.69) is 21.2 Å². The van der Waals surface area contributed by atoms with Crippen LogP contribution in [0.15, 0.2) is 28.7 Å². The number of nitrogens with one attached hydrogen (secondary N) is 1. The Morgan fingerprint density at radius 3 is 2.71 bits per heavy atom. The molecule has 5 heteroatoms. The van der Waals surface area contributed by atoms with Crippen LogP contribution < -0.4 is 5.32 Å². The van der Waals surface area contributed by atoms with E-state index < -0.39 is 17.4 Å². The average molecular weight is 358 g/mol. The van der Waals surface area contributed by atoms with Gasteiger partial charge in [0.1, 0.15) is 0 Å². The zero-order chi connectivity index (χ0) is 14.7. The summed E-state index contributed by atoms with van der Waals surface area (Å²) in [5.41, 5.74) is 0.342. The van der Waals surface area contributed by atoms with Crippen molar-refractivity contribution in [3.05, 3.63) is 34.3 Å². The van der Waals surface area contributed by atoms with Crippen molar-refractivity contribution >= 4 is 15.9 Å². The van der Waals surface area contributed by atoms with E-state index in [-0.39, 0.29) is 12.0 Å². The highest BCUT2D eigenvalue weighted by atomic mass is 79.9. The van der Waals surface area contributed by atoms with E-state index >= 15 is 0 Å². The molecule has 3 aliphatic rings. The summed E-state index contributed by atoms with van der Waals surface area (Å²) in [6.07, 6.45) is 2.24. The van der Waals surface area contributed by atoms with Gasteiger partial charge in [-0.25, -0.2) is 8.78 Å². The van der Waals surface area contributed by atoms with Crippen molar-refractivity contribution in [2.75, 3.05) is 13.2 Å². The second-order valence-corrected chi connectivity index (χ2v) is 7.45. The molecule has 2 saturated carbocycles.